The highest BCUT2D eigenvalue weighted by Crippen LogP contribution is 2.29. The van der Waals surface area contributed by atoms with Crippen molar-refractivity contribution in [2.75, 3.05) is 64.1 Å². The van der Waals surface area contributed by atoms with Crippen molar-refractivity contribution in [1.29, 1.82) is 0 Å². The second-order valence-corrected chi connectivity index (χ2v) is 16.3. The Labute approximate surface area is 340 Å². The topological polar surface area (TPSA) is 194 Å². The van der Waals surface area contributed by atoms with E-state index in [0.29, 0.717) is 85.5 Å². The molecule has 6 rings (SSSR count). The molecule has 17 nitrogen and oxygen atoms in total. The number of tetrazole rings is 1. The first-order valence-electron chi connectivity index (χ1n) is 19.1. The Kier molecular flexibility index (Phi) is 13.3. The van der Waals surface area contributed by atoms with Crippen LogP contribution in [-0.4, -0.2) is 111 Å². The SMILES string of the molecule is COc1ccc(Cn2nnnc2/C=C/c2c(N3CCC(CC(=O)NCCNC(=O)CN(C)C)CC3)nc3cc(C(=O)Nc4nc(C(C)(C)C)cs4)ccn3c2=O)cc1. The number of amides is 3. The zero-order valence-electron chi connectivity index (χ0n) is 33.7. The number of thiazole rings is 1. The number of pyridine rings is 1. The number of hydrogen-bond donors (Lipinski definition) is 3. The molecule has 0 saturated carbocycles. The Morgan fingerprint density at radius 2 is 1.72 bits per heavy atom. The Morgan fingerprint density at radius 1 is 1.00 bits per heavy atom. The maximum atomic E-state index is 14.3. The molecule has 306 valence electrons. The number of aromatic nitrogens is 7. The van der Waals surface area contributed by atoms with Crippen molar-refractivity contribution in [3.8, 4) is 5.75 Å². The summed E-state index contributed by atoms with van der Waals surface area (Å²) in [5.41, 5.74) is 2.32. The van der Waals surface area contributed by atoms with E-state index in [1.165, 1.54) is 15.7 Å². The number of nitrogens with zero attached hydrogens (tertiary/aromatic N) is 9. The van der Waals surface area contributed by atoms with Gasteiger partial charge in [-0.25, -0.2) is 14.6 Å². The van der Waals surface area contributed by atoms with Crippen molar-refractivity contribution in [1.82, 2.24) is 50.1 Å². The number of rotatable bonds is 15. The van der Waals surface area contributed by atoms with Gasteiger partial charge < -0.3 is 25.2 Å². The van der Waals surface area contributed by atoms with E-state index in [1.54, 1.807) is 47.2 Å². The number of piperidine rings is 1. The molecule has 5 aromatic rings. The van der Waals surface area contributed by atoms with Crippen molar-refractivity contribution >= 4 is 57.8 Å². The summed E-state index contributed by atoms with van der Waals surface area (Å²) in [5, 5.41) is 23.2. The summed E-state index contributed by atoms with van der Waals surface area (Å²) in [4.78, 5) is 65.7. The van der Waals surface area contributed by atoms with Crippen molar-refractivity contribution in [3.63, 3.8) is 0 Å². The van der Waals surface area contributed by atoms with E-state index in [1.807, 2.05) is 48.6 Å². The average molecular weight is 811 g/mol. The number of nitrogens with one attached hydrogen (secondary N) is 3. The van der Waals surface area contributed by atoms with Crippen LogP contribution in [0.1, 0.15) is 73.0 Å². The zero-order valence-corrected chi connectivity index (χ0v) is 34.5. The highest BCUT2D eigenvalue weighted by Gasteiger charge is 2.26. The van der Waals surface area contributed by atoms with Gasteiger partial charge >= 0.3 is 0 Å². The van der Waals surface area contributed by atoms with Gasteiger partial charge in [0.25, 0.3) is 11.5 Å². The summed E-state index contributed by atoms with van der Waals surface area (Å²) in [7, 11) is 5.25. The Bertz CT molecular complexity index is 2320. The third-order valence-electron chi connectivity index (χ3n) is 9.67. The molecule has 3 amide bonds. The third kappa shape index (κ3) is 10.7. The smallest absolute Gasteiger partial charge is 0.267 e. The van der Waals surface area contributed by atoms with Crippen LogP contribution in [0.15, 0.2) is 52.8 Å². The van der Waals surface area contributed by atoms with Gasteiger partial charge in [-0.15, -0.1) is 16.4 Å². The Balaban J connectivity index is 1.22. The molecule has 1 aromatic carbocycles. The van der Waals surface area contributed by atoms with Crippen molar-refractivity contribution < 1.29 is 19.1 Å². The highest BCUT2D eigenvalue weighted by atomic mass is 32.1. The third-order valence-corrected chi connectivity index (χ3v) is 10.4. The van der Waals surface area contributed by atoms with E-state index in [0.717, 1.165) is 17.0 Å². The Morgan fingerprint density at radius 3 is 2.40 bits per heavy atom. The molecule has 0 radical (unpaired) electrons. The standard InChI is InChI=1S/C40H50N12O5S/c1-40(2,3)31-25-58-39(43-31)45-37(55)28-15-20-51-33(22-28)44-36(50-18-13-26(14-19-50)21-34(53)41-16-17-42-35(54)24-49(4)5)30(38(51)56)11-12-32-46-47-48-52(32)23-27-7-9-29(57-6)10-8-27/h7-12,15,20,22,25-26H,13-14,16-19,21,23-24H2,1-6H3,(H,41,53)(H,42,54)(H,43,45,55)/b12-11+. The molecular weight excluding hydrogens is 761 g/mol. The van der Waals surface area contributed by atoms with Gasteiger partial charge in [0, 0.05) is 55.2 Å². The highest BCUT2D eigenvalue weighted by molar-refractivity contribution is 7.14. The van der Waals surface area contributed by atoms with Crippen LogP contribution < -0.4 is 31.1 Å². The monoisotopic (exact) mass is 810 g/mol. The van der Waals surface area contributed by atoms with Crippen LogP contribution in [0.25, 0.3) is 17.8 Å². The first kappa shape index (κ1) is 41.6. The van der Waals surface area contributed by atoms with Crippen LogP contribution in [-0.2, 0) is 21.5 Å². The van der Waals surface area contributed by atoms with E-state index in [4.69, 9.17) is 9.72 Å². The fourth-order valence-corrected chi connectivity index (χ4v) is 7.38. The first-order chi connectivity index (χ1) is 27.8. The molecule has 1 fully saturated rings. The molecule has 3 N–H and O–H groups in total. The molecule has 58 heavy (non-hydrogen) atoms. The van der Waals surface area contributed by atoms with E-state index in [-0.39, 0.29) is 41.2 Å². The van der Waals surface area contributed by atoms with Gasteiger partial charge in [0.05, 0.1) is 31.5 Å². The lowest BCUT2D eigenvalue weighted by molar-refractivity contribution is -0.123. The average Bonchev–Trinajstić information content (AvgIpc) is 3.86. The number of fused-ring (bicyclic) bond motifs is 1. The molecule has 0 atom stereocenters. The number of benzene rings is 1. The fraction of sp³-hybridized carbons (Fsp3) is 0.425. The number of carbonyl (C=O) groups is 3. The molecule has 5 heterocycles. The number of methoxy groups -OCH3 is 1. The second-order valence-electron chi connectivity index (χ2n) is 15.5. The molecular formula is C40H50N12O5S. The predicted molar refractivity (Wildman–Crippen MR) is 223 cm³/mol. The lowest BCUT2D eigenvalue weighted by Crippen LogP contribution is -2.40. The van der Waals surface area contributed by atoms with Gasteiger partial charge in [-0.1, -0.05) is 32.9 Å². The molecule has 0 unspecified atom stereocenters. The second kappa shape index (κ2) is 18.5. The quantitative estimate of drug-likeness (QED) is 0.131. The zero-order chi connectivity index (χ0) is 41.4. The van der Waals surface area contributed by atoms with Gasteiger partial charge in [0.1, 0.15) is 17.2 Å². The molecule has 0 bridgehead atoms. The molecule has 1 aliphatic heterocycles. The summed E-state index contributed by atoms with van der Waals surface area (Å²) < 4.78 is 8.33. The molecule has 0 aliphatic carbocycles. The summed E-state index contributed by atoms with van der Waals surface area (Å²) in [5.74, 6) is 1.23. The van der Waals surface area contributed by atoms with Gasteiger partial charge in [0.15, 0.2) is 11.0 Å². The molecule has 4 aromatic heterocycles. The lowest BCUT2D eigenvalue weighted by atomic mass is 9.93. The van der Waals surface area contributed by atoms with Crippen molar-refractivity contribution in [3.05, 3.63) is 86.5 Å². The Hall–Kier alpha value is -6.01. The van der Waals surface area contributed by atoms with Crippen LogP contribution in [0, 0.1) is 5.92 Å². The van der Waals surface area contributed by atoms with Crippen LogP contribution in [0.5, 0.6) is 5.75 Å². The maximum absolute atomic E-state index is 14.3. The number of hydrogen-bond acceptors (Lipinski definition) is 13. The van der Waals surface area contributed by atoms with Crippen molar-refractivity contribution in [2.24, 2.45) is 5.92 Å². The summed E-state index contributed by atoms with van der Waals surface area (Å²) >= 11 is 1.36. The van der Waals surface area contributed by atoms with Crippen LogP contribution in [0.3, 0.4) is 0 Å². The van der Waals surface area contributed by atoms with E-state index >= 15 is 0 Å². The minimum absolute atomic E-state index is 0.0726. The normalized spacial score (nSPS) is 13.7. The summed E-state index contributed by atoms with van der Waals surface area (Å²) in [6.07, 6.45) is 6.68. The van der Waals surface area contributed by atoms with E-state index in [2.05, 4.69) is 57.2 Å². The van der Waals surface area contributed by atoms with Crippen molar-refractivity contribution in [2.45, 2.75) is 52.0 Å². The number of ether oxygens (including phenoxy) is 1. The fourth-order valence-electron chi connectivity index (χ4n) is 6.45. The maximum Gasteiger partial charge on any atom is 0.267 e. The van der Waals surface area contributed by atoms with Gasteiger partial charge in [0.2, 0.25) is 11.8 Å². The van der Waals surface area contributed by atoms with Crippen LogP contribution in [0.4, 0.5) is 10.9 Å². The number of likely N-dealkylation sites (N-methyl/N-ethyl adjacent to an activating group) is 1. The first-order valence-corrected chi connectivity index (χ1v) is 20.0. The molecule has 1 aliphatic rings. The minimum atomic E-state index is -0.365. The van der Waals surface area contributed by atoms with Gasteiger partial charge in [-0.05, 0) is 85.3 Å². The van der Waals surface area contributed by atoms with Gasteiger partial charge in [-0.2, -0.15) is 0 Å². The van der Waals surface area contributed by atoms with Gasteiger partial charge in [-0.3, -0.25) is 28.9 Å². The summed E-state index contributed by atoms with van der Waals surface area (Å²) in [6, 6.07) is 10.8. The predicted octanol–water partition coefficient (Wildman–Crippen LogP) is 3.32. The molecule has 1 saturated heterocycles. The largest absolute Gasteiger partial charge is 0.497 e. The van der Waals surface area contributed by atoms with E-state index in [9.17, 15) is 19.2 Å². The van der Waals surface area contributed by atoms with E-state index < -0.39 is 0 Å². The molecule has 0 spiro atoms. The lowest BCUT2D eigenvalue weighted by Gasteiger charge is -2.33. The minimum Gasteiger partial charge on any atom is -0.497 e. The van der Waals surface area contributed by atoms with Crippen LogP contribution in [0.2, 0.25) is 0 Å². The molecule has 18 heteroatoms. The number of carbonyl (C=O) groups excluding carboxylic acids is 3. The number of anilines is 2. The van der Waals surface area contributed by atoms with Crippen LogP contribution >= 0.6 is 11.3 Å². The summed E-state index contributed by atoms with van der Waals surface area (Å²) in [6.45, 7) is 8.68.